The van der Waals surface area contributed by atoms with Crippen LogP contribution in [0.5, 0.6) is 5.88 Å². The molecule has 2 nitrogen and oxygen atoms in total. The summed E-state index contributed by atoms with van der Waals surface area (Å²) in [5.74, 6) is 1.35. The van der Waals surface area contributed by atoms with Crippen LogP contribution in [0.2, 0.25) is 0 Å². The normalized spacial score (nSPS) is 12.5. The van der Waals surface area contributed by atoms with Crippen LogP contribution < -0.4 is 4.74 Å². The first-order chi connectivity index (χ1) is 6.81. The highest BCUT2D eigenvalue weighted by Gasteiger charge is 2.08. The number of hydrogen-bond donors (Lipinski definition) is 0. The Bertz CT molecular complexity index is 256. The van der Waals surface area contributed by atoms with Crippen LogP contribution in [0, 0.1) is 0 Å². The van der Waals surface area contributed by atoms with E-state index < -0.39 is 0 Å². The fourth-order valence-electron chi connectivity index (χ4n) is 1.71. The summed E-state index contributed by atoms with van der Waals surface area (Å²) in [7, 11) is 1.64. The van der Waals surface area contributed by atoms with Gasteiger partial charge in [0.1, 0.15) is 0 Å². The van der Waals surface area contributed by atoms with Crippen LogP contribution >= 0.6 is 0 Å². The molecule has 0 N–H and O–H groups in total. The van der Waals surface area contributed by atoms with Crippen molar-refractivity contribution in [3.05, 3.63) is 23.9 Å². The van der Waals surface area contributed by atoms with Crippen LogP contribution in [0.15, 0.2) is 18.3 Å². The van der Waals surface area contributed by atoms with Gasteiger partial charge in [-0.3, -0.25) is 0 Å². The second-order valence-electron chi connectivity index (χ2n) is 3.53. The quantitative estimate of drug-likeness (QED) is 0.715. The van der Waals surface area contributed by atoms with Crippen molar-refractivity contribution in [2.75, 3.05) is 7.11 Å². The third-order valence-electron chi connectivity index (χ3n) is 2.57. The molecule has 2 heteroatoms. The molecule has 0 fully saturated rings. The van der Waals surface area contributed by atoms with Gasteiger partial charge in [-0.05, 0) is 24.3 Å². The summed E-state index contributed by atoms with van der Waals surface area (Å²) in [5, 5.41) is 0. The van der Waals surface area contributed by atoms with Crippen LogP contribution in [0.4, 0.5) is 0 Å². The maximum atomic E-state index is 5.03. The largest absolute Gasteiger partial charge is 0.481 e. The van der Waals surface area contributed by atoms with E-state index in [4.69, 9.17) is 4.74 Å². The summed E-state index contributed by atoms with van der Waals surface area (Å²) in [5.41, 5.74) is 1.33. The number of nitrogens with zero attached hydrogens (tertiary/aromatic N) is 1. The zero-order valence-electron chi connectivity index (χ0n) is 9.29. The highest BCUT2D eigenvalue weighted by molar-refractivity contribution is 5.21. The number of methoxy groups -OCH3 is 1. The molecule has 0 saturated carbocycles. The molecule has 1 atom stereocenters. The van der Waals surface area contributed by atoms with E-state index in [0.29, 0.717) is 11.8 Å². The minimum atomic E-state index is 0.651. The SMILES string of the molecule is CCCC(CC)c1ccc(OC)nc1. The molecule has 0 bridgehead atoms. The number of ether oxygens (including phenoxy) is 1. The molecule has 14 heavy (non-hydrogen) atoms. The average Bonchev–Trinajstić information content (AvgIpc) is 2.26. The van der Waals surface area contributed by atoms with Crippen molar-refractivity contribution in [2.24, 2.45) is 0 Å². The summed E-state index contributed by atoms with van der Waals surface area (Å²) < 4.78 is 5.03. The molecule has 0 aromatic carbocycles. The number of pyridine rings is 1. The molecule has 1 aromatic heterocycles. The highest BCUT2D eigenvalue weighted by atomic mass is 16.5. The summed E-state index contributed by atoms with van der Waals surface area (Å²) in [6, 6.07) is 4.06. The van der Waals surface area contributed by atoms with E-state index in [1.54, 1.807) is 7.11 Å². The van der Waals surface area contributed by atoms with Crippen molar-refractivity contribution in [3.63, 3.8) is 0 Å². The van der Waals surface area contributed by atoms with Gasteiger partial charge in [-0.25, -0.2) is 4.98 Å². The van der Waals surface area contributed by atoms with Gasteiger partial charge in [0.05, 0.1) is 7.11 Å². The molecule has 1 unspecified atom stereocenters. The second-order valence-corrected chi connectivity index (χ2v) is 3.53. The van der Waals surface area contributed by atoms with E-state index in [0.717, 1.165) is 0 Å². The topological polar surface area (TPSA) is 22.1 Å². The lowest BCUT2D eigenvalue weighted by Crippen LogP contribution is -1.98. The van der Waals surface area contributed by atoms with Gasteiger partial charge >= 0.3 is 0 Å². The Morgan fingerprint density at radius 2 is 2.14 bits per heavy atom. The van der Waals surface area contributed by atoms with Crippen LogP contribution in [-0.4, -0.2) is 12.1 Å². The Balaban J connectivity index is 2.73. The Morgan fingerprint density at radius 3 is 2.57 bits per heavy atom. The molecule has 0 aliphatic carbocycles. The van der Waals surface area contributed by atoms with E-state index in [9.17, 15) is 0 Å². The standard InChI is InChI=1S/C12H19NO/c1-4-6-10(5-2)11-7-8-12(14-3)13-9-11/h7-10H,4-6H2,1-3H3. The molecule has 0 saturated heterocycles. The lowest BCUT2D eigenvalue weighted by Gasteiger charge is -2.13. The van der Waals surface area contributed by atoms with Crippen LogP contribution in [-0.2, 0) is 0 Å². The van der Waals surface area contributed by atoms with Crippen molar-refractivity contribution in [1.82, 2.24) is 4.98 Å². The van der Waals surface area contributed by atoms with Crippen LogP contribution in [0.25, 0.3) is 0 Å². The molecule has 1 heterocycles. The van der Waals surface area contributed by atoms with Gasteiger partial charge in [-0.2, -0.15) is 0 Å². The second kappa shape index (κ2) is 5.63. The van der Waals surface area contributed by atoms with Gasteiger partial charge in [0.25, 0.3) is 0 Å². The van der Waals surface area contributed by atoms with Gasteiger partial charge in [-0.15, -0.1) is 0 Å². The first-order valence-electron chi connectivity index (χ1n) is 5.31. The minimum absolute atomic E-state index is 0.651. The molecular formula is C12H19NO. The van der Waals surface area contributed by atoms with Gasteiger partial charge in [0.2, 0.25) is 5.88 Å². The van der Waals surface area contributed by atoms with E-state index >= 15 is 0 Å². The van der Waals surface area contributed by atoms with Crippen LogP contribution in [0.1, 0.15) is 44.6 Å². The number of hydrogen-bond acceptors (Lipinski definition) is 2. The van der Waals surface area contributed by atoms with Crippen LogP contribution in [0.3, 0.4) is 0 Å². The predicted molar refractivity (Wildman–Crippen MR) is 58.7 cm³/mol. The number of rotatable bonds is 5. The summed E-state index contributed by atoms with van der Waals surface area (Å²) in [6.45, 7) is 4.45. The first-order valence-corrected chi connectivity index (χ1v) is 5.31. The third-order valence-corrected chi connectivity index (χ3v) is 2.57. The smallest absolute Gasteiger partial charge is 0.212 e. The molecule has 1 aromatic rings. The average molecular weight is 193 g/mol. The van der Waals surface area contributed by atoms with E-state index in [2.05, 4.69) is 24.9 Å². The van der Waals surface area contributed by atoms with E-state index in [-0.39, 0.29) is 0 Å². The molecule has 78 valence electrons. The Labute approximate surface area is 86.3 Å². The van der Waals surface area contributed by atoms with E-state index in [1.165, 1.54) is 24.8 Å². The summed E-state index contributed by atoms with van der Waals surface area (Å²) >= 11 is 0. The van der Waals surface area contributed by atoms with Crippen molar-refractivity contribution in [1.29, 1.82) is 0 Å². The monoisotopic (exact) mass is 193 g/mol. The predicted octanol–water partition coefficient (Wildman–Crippen LogP) is 3.38. The van der Waals surface area contributed by atoms with E-state index in [1.807, 2.05) is 12.3 Å². The molecule has 0 amide bonds. The Kier molecular flexibility index (Phi) is 4.44. The summed E-state index contributed by atoms with van der Waals surface area (Å²) in [6.07, 6.45) is 5.58. The van der Waals surface area contributed by atoms with Crippen molar-refractivity contribution < 1.29 is 4.74 Å². The molecule has 0 radical (unpaired) electrons. The first kappa shape index (κ1) is 11.0. The lowest BCUT2D eigenvalue weighted by atomic mass is 9.93. The van der Waals surface area contributed by atoms with Crippen molar-refractivity contribution >= 4 is 0 Å². The Hall–Kier alpha value is -1.05. The van der Waals surface area contributed by atoms with Gasteiger partial charge < -0.3 is 4.74 Å². The minimum Gasteiger partial charge on any atom is -0.481 e. The Morgan fingerprint density at radius 1 is 1.36 bits per heavy atom. The summed E-state index contributed by atoms with van der Waals surface area (Å²) in [4.78, 5) is 4.23. The van der Waals surface area contributed by atoms with Gasteiger partial charge in [0.15, 0.2) is 0 Å². The molecular weight excluding hydrogens is 174 g/mol. The molecule has 0 aliphatic rings. The maximum absolute atomic E-state index is 5.03. The molecule has 1 rings (SSSR count). The van der Waals surface area contributed by atoms with Crippen molar-refractivity contribution in [3.8, 4) is 5.88 Å². The fraction of sp³-hybridized carbons (Fsp3) is 0.583. The van der Waals surface area contributed by atoms with Crippen molar-refractivity contribution in [2.45, 2.75) is 39.0 Å². The zero-order chi connectivity index (χ0) is 10.4. The molecule has 0 spiro atoms. The van der Waals surface area contributed by atoms with Gasteiger partial charge in [-0.1, -0.05) is 26.3 Å². The molecule has 0 aliphatic heterocycles. The maximum Gasteiger partial charge on any atom is 0.212 e. The lowest BCUT2D eigenvalue weighted by molar-refractivity contribution is 0.397. The highest BCUT2D eigenvalue weighted by Crippen LogP contribution is 2.24. The fourth-order valence-corrected chi connectivity index (χ4v) is 1.71. The number of aromatic nitrogens is 1. The van der Waals surface area contributed by atoms with Gasteiger partial charge in [0, 0.05) is 12.3 Å². The third kappa shape index (κ3) is 2.72. The zero-order valence-corrected chi connectivity index (χ0v) is 9.29.